The molecule has 0 aromatic rings. The lowest BCUT2D eigenvalue weighted by Crippen LogP contribution is -2.53. The van der Waals surface area contributed by atoms with Crippen molar-refractivity contribution in [1.29, 1.82) is 0 Å². The second-order valence-electron chi connectivity index (χ2n) is 6.74. The largest absolute Gasteiger partial charge is 0.481 e. The molecule has 0 aromatic heterocycles. The van der Waals surface area contributed by atoms with Gasteiger partial charge >= 0.3 is 5.97 Å². The van der Waals surface area contributed by atoms with E-state index in [2.05, 4.69) is 27.7 Å². The summed E-state index contributed by atoms with van der Waals surface area (Å²) >= 11 is 0. The Balaban J connectivity index is 2.69. The summed E-state index contributed by atoms with van der Waals surface area (Å²) in [6.07, 6.45) is 1.25. The standard InChI is InChI=1S/C18H34O6/c1-6-8-21-11-15-16(22-9-7-2)13(4)14(5)18(24-15)23-10-12(3)17(19)20/h12-16,18H,6-11H2,1-5H3,(H,19,20)/t12?,13-,14+,15?,16-,18?/m1/s1. The number of hydrogen-bond donors (Lipinski definition) is 1. The summed E-state index contributed by atoms with van der Waals surface area (Å²) in [6, 6.07) is 0. The van der Waals surface area contributed by atoms with E-state index in [0.717, 1.165) is 12.8 Å². The number of carbonyl (C=O) groups is 1. The van der Waals surface area contributed by atoms with Crippen LogP contribution in [0.1, 0.15) is 47.5 Å². The van der Waals surface area contributed by atoms with Crippen LogP contribution in [0.5, 0.6) is 0 Å². The van der Waals surface area contributed by atoms with Crippen LogP contribution in [0.15, 0.2) is 0 Å². The molecule has 0 amide bonds. The fraction of sp³-hybridized carbons (Fsp3) is 0.944. The number of carboxylic acid groups (broad SMARTS) is 1. The van der Waals surface area contributed by atoms with Gasteiger partial charge in [0.2, 0.25) is 0 Å². The molecule has 3 unspecified atom stereocenters. The van der Waals surface area contributed by atoms with Gasteiger partial charge < -0.3 is 24.1 Å². The van der Waals surface area contributed by atoms with Crippen molar-refractivity contribution in [2.45, 2.75) is 66.0 Å². The van der Waals surface area contributed by atoms with E-state index >= 15 is 0 Å². The van der Waals surface area contributed by atoms with Gasteiger partial charge in [-0.25, -0.2) is 0 Å². The first-order valence-electron chi connectivity index (χ1n) is 9.11. The molecule has 0 bridgehead atoms. The molecule has 1 rings (SSSR count). The van der Waals surface area contributed by atoms with E-state index in [4.69, 9.17) is 24.1 Å². The Kier molecular flexibility index (Phi) is 9.81. The molecular weight excluding hydrogens is 312 g/mol. The van der Waals surface area contributed by atoms with Gasteiger partial charge in [-0.3, -0.25) is 4.79 Å². The Morgan fingerprint density at radius 2 is 1.79 bits per heavy atom. The zero-order valence-electron chi connectivity index (χ0n) is 15.7. The van der Waals surface area contributed by atoms with Crippen LogP contribution < -0.4 is 0 Å². The first kappa shape index (κ1) is 21.4. The second-order valence-corrected chi connectivity index (χ2v) is 6.74. The molecule has 6 atom stereocenters. The zero-order valence-corrected chi connectivity index (χ0v) is 15.7. The highest BCUT2D eigenvalue weighted by molar-refractivity contribution is 5.69. The van der Waals surface area contributed by atoms with E-state index in [-0.39, 0.29) is 30.7 Å². The number of carboxylic acids is 1. The van der Waals surface area contributed by atoms with Crippen LogP contribution in [0.3, 0.4) is 0 Å². The van der Waals surface area contributed by atoms with Gasteiger partial charge in [0.1, 0.15) is 6.10 Å². The summed E-state index contributed by atoms with van der Waals surface area (Å²) in [5.74, 6) is -1.06. The molecule has 0 aliphatic carbocycles. The molecule has 6 nitrogen and oxygen atoms in total. The van der Waals surface area contributed by atoms with Gasteiger partial charge in [-0.05, 0) is 25.7 Å². The number of rotatable bonds is 11. The minimum absolute atomic E-state index is 0.0337. The Bertz CT molecular complexity index is 361. The van der Waals surface area contributed by atoms with Gasteiger partial charge in [0.05, 0.1) is 25.2 Å². The van der Waals surface area contributed by atoms with Crippen molar-refractivity contribution in [3.63, 3.8) is 0 Å². The topological polar surface area (TPSA) is 74.2 Å². The maximum absolute atomic E-state index is 11.0. The Morgan fingerprint density at radius 1 is 1.12 bits per heavy atom. The molecule has 24 heavy (non-hydrogen) atoms. The summed E-state index contributed by atoms with van der Waals surface area (Å²) in [7, 11) is 0. The molecule has 142 valence electrons. The molecule has 1 heterocycles. The van der Waals surface area contributed by atoms with Crippen molar-refractivity contribution in [2.24, 2.45) is 17.8 Å². The average molecular weight is 346 g/mol. The Labute approximate surface area is 145 Å². The van der Waals surface area contributed by atoms with E-state index in [1.807, 2.05) is 0 Å². The molecule has 1 saturated heterocycles. The third-order valence-corrected chi connectivity index (χ3v) is 4.53. The van der Waals surface area contributed by atoms with Gasteiger partial charge in [0.25, 0.3) is 0 Å². The van der Waals surface area contributed by atoms with Gasteiger partial charge in [0.15, 0.2) is 6.29 Å². The maximum Gasteiger partial charge on any atom is 0.308 e. The Morgan fingerprint density at radius 3 is 2.38 bits per heavy atom. The Hall–Kier alpha value is -0.690. The smallest absolute Gasteiger partial charge is 0.308 e. The van der Waals surface area contributed by atoms with Crippen LogP contribution in [0, 0.1) is 17.8 Å². The number of aliphatic carboxylic acids is 1. The summed E-state index contributed by atoms with van der Waals surface area (Å²) in [4.78, 5) is 11.0. The molecule has 6 heteroatoms. The van der Waals surface area contributed by atoms with Crippen molar-refractivity contribution in [1.82, 2.24) is 0 Å². The maximum atomic E-state index is 11.0. The van der Waals surface area contributed by atoms with Gasteiger partial charge in [-0.1, -0.05) is 27.7 Å². The van der Waals surface area contributed by atoms with Crippen molar-refractivity contribution < 1.29 is 28.8 Å². The van der Waals surface area contributed by atoms with Crippen LogP contribution in [0.4, 0.5) is 0 Å². The molecule has 1 fully saturated rings. The normalized spacial score (nSPS) is 31.8. The van der Waals surface area contributed by atoms with E-state index in [0.29, 0.717) is 19.8 Å². The molecule has 1 aliphatic rings. The summed E-state index contributed by atoms with van der Waals surface area (Å²) in [5.41, 5.74) is 0. The van der Waals surface area contributed by atoms with Crippen molar-refractivity contribution in [2.75, 3.05) is 26.4 Å². The second kappa shape index (κ2) is 11.0. The van der Waals surface area contributed by atoms with Gasteiger partial charge in [0, 0.05) is 19.1 Å². The molecule has 1 N–H and O–H groups in total. The minimum Gasteiger partial charge on any atom is -0.481 e. The zero-order chi connectivity index (χ0) is 18.1. The number of ether oxygens (including phenoxy) is 4. The molecule has 1 aliphatic heterocycles. The fourth-order valence-corrected chi connectivity index (χ4v) is 2.75. The van der Waals surface area contributed by atoms with Crippen molar-refractivity contribution in [3.05, 3.63) is 0 Å². The summed E-state index contributed by atoms with van der Waals surface area (Å²) < 4.78 is 23.5. The lowest BCUT2D eigenvalue weighted by atomic mass is 9.84. The molecule has 0 spiro atoms. The SMILES string of the molecule is CCCOCC1OC(OCC(C)C(=O)O)[C@@H](C)[C@@H](C)[C@H]1OCCC. The van der Waals surface area contributed by atoms with E-state index < -0.39 is 18.2 Å². The van der Waals surface area contributed by atoms with Gasteiger partial charge in [-0.15, -0.1) is 0 Å². The lowest BCUT2D eigenvalue weighted by Gasteiger charge is -2.44. The third-order valence-electron chi connectivity index (χ3n) is 4.53. The van der Waals surface area contributed by atoms with Crippen LogP contribution >= 0.6 is 0 Å². The monoisotopic (exact) mass is 346 g/mol. The predicted octanol–water partition coefficient (Wildman–Crippen LogP) is 2.94. The van der Waals surface area contributed by atoms with Crippen LogP contribution in [-0.2, 0) is 23.7 Å². The first-order valence-corrected chi connectivity index (χ1v) is 9.11. The summed E-state index contributed by atoms with van der Waals surface area (Å²) in [5, 5.41) is 9.00. The lowest BCUT2D eigenvalue weighted by molar-refractivity contribution is -0.280. The first-order chi connectivity index (χ1) is 11.4. The van der Waals surface area contributed by atoms with E-state index in [1.54, 1.807) is 6.92 Å². The highest BCUT2D eigenvalue weighted by Gasteiger charge is 2.43. The molecule has 0 saturated carbocycles. The van der Waals surface area contributed by atoms with Crippen molar-refractivity contribution >= 4 is 5.97 Å². The predicted molar refractivity (Wildman–Crippen MR) is 90.9 cm³/mol. The average Bonchev–Trinajstić information content (AvgIpc) is 2.56. The van der Waals surface area contributed by atoms with Crippen LogP contribution in [0.25, 0.3) is 0 Å². The molecule has 0 radical (unpaired) electrons. The fourth-order valence-electron chi connectivity index (χ4n) is 2.75. The van der Waals surface area contributed by atoms with Crippen LogP contribution in [-0.4, -0.2) is 56.0 Å². The van der Waals surface area contributed by atoms with Gasteiger partial charge in [-0.2, -0.15) is 0 Å². The summed E-state index contributed by atoms with van der Waals surface area (Å²) in [6.45, 7) is 12.0. The minimum atomic E-state index is -0.863. The van der Waals surface area contributed by atoms with E-state index in [1.165, 1.54) is 0 Å². The third kappa shape index (κ3) is 6.31. The highest BCUT2D eigenvalue weighted by atomic mass is 16.7. The van der Waals surface area contributed by atoms with Crippen molar-refractivity contribution in [3.8, 4) is 0 Å². The van der Waals surface area contributed by atoms with Crippen LogP contribution in [0.2, 0.25) is 0 Å². The highest BCUT2D eigenvalue weighted by Crippen LogP contribution is 2.33. The van der Waals surface area contributed by atoms with E-state index in [9.17, 15) is 4.79 Å². The number of hydrogen-bond acceptors (Lipinski definition) is 5. The molecular formula is C18H34O6. The molecule has 0 aromatic carbocycles. The quantitative estimate of drug-likeness (QED) is 0.580.